The van der Waals surface area contributed by atoms with Gasteiger partial charge in [0.1, 0.15) is 0 Å². The van der Waals surface area contributed by atoms with Crippen LogP contribution >= 0.6 is 0 Å². The van der Waals surface area contributed by atoms with Crippen molar-refractivity contribution >= 4 is 0 Å². The summed E-state index contributed by atoms with van der Waals surface area (Å²) in [4.78, 5) is 0. The molecule has 0 radical (unpaired) electrons. The van der Waals surface area contributed by atoms with Crippen LogP contribution in [0, 0.1) is 5.92 Å². The molecule has 0 fully saturated rings. The van der Waals surface area contributed by atoms with Gasteiger partial charge in [-0.2, -0.15) is 13.2 Å². The van der Waals surface area contributed by atoms with Crippen molar-refractivity contribution in [2.24, 2.45) is 5.92 Å². The number of hydrogen-bond donors (Lipinski definition) is 0. The zero-order chi connectivity index (χ0) is 8.91. The predicted molar refractivity (Wildman–Crippen MR) is 39.3 cm³/mol. The predicted octanol–water partition coefficient (Wildman–Crippen LogP) is 3.54. The maximum atomic E-state index is 11.8. The van der Waals surface area contributed by atoms with Crippen LogP contribution in [-0.4, -0.2) is 6.18 Å². The Bertz CT molecular complexity index is 124. The van der Waals surface area contributed by atoms with Gasteiger partial charge in [-0.05, 0) is 6.42 Å². The lowest BCUT2D eigenvalue weighted by Crippen LogP contribution is -2.17. The molecule has 1 atom stereocenters. The highest BCUT2D eigenvalue weighted by Gasteiger charge is 2.33. The summed E-state index contributed by atoms with van der Waals surface area (Å²) >= 11 is 0. The lowest BCUT2D eigenvalue weighted by molar-refractivity contribution is -0.156. The van der Waals surface area contributed by atoms with Gasteiger partial charge in [0.2, 0.25) is 0 Å². The van der Waals surface area contributed by atoms with E-state index in [9.17, 15) is 13.2 Å². The van der Waals surface area contributed by atoms with E-state index >= 15 is 0 Å². The summed E-state index contributed by atoms with van der Waals surface area (Å²) in [5.74, 6) is -1.31. The first-order chi connectivity index (χ1) is 4.98. The summed E-state index contributed by atoms with van der Waals surface area (Å²) in [6, 6.07) is 0. The number of rotatable bonds is 3. The molecule has 0 N–H and O–H groups in total. The summed E-state index contributed by atoms with van der Waals surface area (Å²) in [5.41, 5.74) is 0. The van der Waals surface area contributed by atoms with Crippen LogP contribution in [0.4, 0.5) is 13.2 Å². The van der Waals surface area contributed by atoms with Crippen molar-refractivity contribution in [3.8, 4) is 0 Å². The Morgan fingerprint density at radius 3 is 2.27 bits per heavy atom. The number of allylic oxidation sites excluding steroid dienone is 2. The fourth-order valence-corrected chi connectivity index (χ4v) is 0.576. The summed E-state index contributed by atoms with van der Waals surface area (Å²) in [7, 11) is 0. The molecule has 3 heteroatoms. The zero-order valence-electron chi connectivity index (χ0n) is 6.78. The Morgan fingerprint density at radius 1 is 1.36 bits per heavy atom. The van der Waals surface area contributed by atoms with Gasteiger partial charge in [-0.1, -0.05) is 32.4 Å². The third kappa shape index (κ3) is 4.87. The van der Waals surface area contributed by atoms with Crippen LogP contribution in [-0.2, 0) is 0 Å². The summed E-state index contributed by atoms with van der Waals surface area (Å²) in [6.07, 6.45) is 0.327. The van der Waals surface area contributed by atoms with Crippen molar-refractivity contribution in [2.45, 2.75) is 32.9 Å². The van der Waals surface area contributed by atoms with Crippen LogP contribution in [0.2, 0.25) is 0 Å². The summed E-state index contributed by atoms with van der Waals surface area (Å²) < 4.78 is 35.5. The van der Waals surface area contributed by atoms with Crippen molar-refractivity contribution < 1.29 is 13.2 Å². The van der Waals surface area contributed by atoms with Crippen LogP contribution in [0.15, 0.2) is 12.2 Å². The van der Waals surface area contributed by atoms with Crippen molar-refractivity contribution in [2.75, 3.05) is 0 Å². The van der Waals surface area contributed by atoms with Gasteiger partial charge in [0, 0.05) is 0 Å². The Kier molecular flexibility index (Phi) is 4.23. The normalized spacial score (nSPS) is 15.7. The van der Waals surface area contributed by atoms with Gasteiger partial charge in [0.15, 0.2) is 0 Å². The molecule has 0 aliphatic carbocycles. The van der Waals surface area contributed by atoms with Crippen molar-refractivity contribution in [3.63, 3.8) is 0 Å². The first-order valence-corrected chi connectivity index (χ1v) is 3.71. The number of alkyl halides is 3. The van der Waals surface area contributed by atoms with E-state index in [4.69, 9.17) is 0 Å². The van der Waals surface area contributed by atoms with E-state index in [-0.39, 0.29) is 0 Å². The monoisotopic (exact) mass is 166 g/mol. The van der Waals surface area contributed by atoms with Crippen LogP contribution in [0.3, 0.4) is 0 Å². The minimum Gasteiger partial charge on any atom is -0.170 e. The maximum Gasteiger partial charge on any atom is 0.394 e. The number of unbranched alkanes of at least 4 members (excludes halogenated alkanes) is 1. The molecule has 11 heavy (non-hydrogen) atoms. The first-order valence-electron chi connectivity index (χ1n) is 3.71. The molecule has 66 valence electrons. The van der Waals surface area contributed by atoms with Gasteiger partial charge in [0.05, 0.1) is 5.92 Å². The summed E-state index contributed by atoms with van der Waals surface area (Å²) in [5, 5.41) is 0. The van der Waals surface area contributed by atoms with Crippen LogP contribution in [0.5, 0.6) is 0 Å². The Morgan fingerprint density at radius 2 is 1.91 bits per heavy atom. The smallest absolute Gasteiger partial charge is 0.170 e. The Hall–Kier alpha value is -0.470. The van der Waals surface area contributed by atoms with Gasteiger partial charge < -0.3 is 0 Å². The molecular formula is C8H13F3. The maximum absolute atomic E-state index is 11.8. The molecule has 0 aromatic rings. The molecular weight excluding hydrogens is 153 g/mol. The molecule has 0 saturated carbocycles. The molecule has 0 aromatic carbocycles. The Balaban J connectivity index is 3.77. The van der Waals surface area contributed by atoms with Crippen LogP contribution in [0.1, 0.15) is 26.7 Å². The van der Waals surface area contributed by atoms with Crippen LogP contribution in [0.25, 0.3) is 0 Å². The topological polar surface area (TPSA) is 0 Å². The average molecular weight is 166 g/mol. The van der Waals surface area contributed by atoms with Gasteiger partial charge in [-0.25, -0.2) is 0 Å². The Labute approximate surface area is 65.1 Å². The second-order valence-corrected chi connectivity index (χ2v) is 2.55. The van der Waals surface area contributed by atoms with Gasteiger partial charge in [-0.3, -0.25) is 0 Å². The molecule has 0 aromatic heterocycles. The highest BCUT2D eigenvalue weighted by Crippen LogP contribution is 2.26. The van der Waals surface area contributed by atoms with E-state index in [1.165, 1.54) is 6.08 Å². The van der Waals surface area contributed by atoms with E-state index in [0.717, 1.165) is 19.8 Å². The van der Waals surface area contributed by atoms with E-state index in [1.54, 1.807) is 6.08 Å². The molecule has 0 spiro atoms. The third-order valence-corrected chi connectivity index (χ3v) is 1.40. The van der Waals surface area contributed by atoms with E-state index in [0.29, 0.717) is 0 Å². The molecule has 0 nitrogen and oxygen atoms in total. The minimum absolute atomic E-state index is 0.723. The molecule has 0 rings (SSSR count). The minimum atomic E-state index is -4.08. The van der Waals surface area contributed by atoms with Crippen molar-refractivity contribution in [1.82, 2.24) is 0 Å². The highest BCUT2D eigenvalue weighted by atomic mass is 19.4. The lowest BCUT2D eigenvalue weighted by Gasteiger charge is -2.10. The second-order valence-electron chi connectivity index (χ2n) is 2.55. The average Bonchev–Trinajstić information content (AvgIpc) is 1.86. The zero-order valence-corrected chi connectivity index (χ0v) is 6.78. The highest BCUT2D eigenvalue weighted by molar-refractivity contribution is 4.89. The van der Waals surface area contributed by atoms with Gasteiger partial charge in [-0.15, -0.1) is 0 Å². The summed E-state index contributed by atoms with van der Waals surface area (Å²) in [6.45, 7) is 3.09. The van der Waals surface area contributed by atoms with Crippen molar-refractivity contribution in [1.29, 1.82) is 0 Å². The lowest BCUT2D eigenvalue weighted by atomic mass is 10.1. The van der Waals surface area contributed by atoms with Gasteiger partial charge >= 0.3 is 6.18 Å². The molecule has 0 aliphatic rings. The number of halogens is 3. The van der Waals surface area contributed by atoms with Crippen LogP contribution < -0.4 is 0 Å². The fraction of sp³-hybridized carbons (Fsp3) is 0.750. The molecule has 0 aliphatic heterocycles. The van der Waals surface area contributed by atoms with E-state index < -0.39 is 12.1 Å². The second kappa shape index (κ2) is 4.42. The fourth-order valence-electron chi connectivity index (χ4n) is 0.576. The molecule has 0 heterocycles. The first kappa shape index (κ1) is 10.5. The molecule has 0 saturated heterocycles. The quantitative estimate of drug-likeness (QED) is 0.562. The molecule has 0 bridgehead atoms. The standard InChI is InChI=1S/C8H13F3/c1-3-4-5-6-7(2)8(9,10)11/h5-7H,3-4H2,1-2H3. The van der Waals surface area contributed by atoms with Gasteiger partial charge in [0.25, 0.3) is 0 Å². The van der Waals surface area contributed by atoms with E-state index in [2.05, 4.69) is 0 Å². The molecule has 0 amide bonds. The molecule has 1 unspecified atom stereocenters. The van der Waals surface area contributed by atoms with E-state index in [1.807, 2.05) is 6.92 Å². The SMILES string of the molecule is CCCC=CC(C)C(F)(F)F. The largest absolute Gasteiger partial charge is 0.394 e. The third-order valence-electron chi connectivity index (χ3n) is 1.40. The number of hydrogen-bond acceptors (Lipinski definition) is 0. The van der Waals surface area contributed by atoms with Crippen molar-refractivity contribution in [3.05, 3.63) is 12.2 Å².